The van der Waals surface area contributed by atoms with E-state index in [1.807, 2.05) is 24.3 Å². The maximum Gasteiger partial charge on any atom is 0.135 e. The van der Waals surface area contributed by atoms with Crippen LogP contribution in [0.2, 0.25) is 0 Å². The van der Waals surface area contributed by atoms with Gasteiger partial charge in [0.05, 0.1) is 11.5 Å². The average molecular weight is 390 g/mol. The van der Waals surface area contributed by atoms with Crippen molar-refractivity contribution in [3.63, 3.8) is 0 Å². The molecule has 1 aliphatic carbocycles. The minimum Gasteiger partial charge on any atom is -0.369 e. The molecular weight excluding hydrogens is 358 g/mol. The van der Waals surface area contributed by atoms with Crippen molar-refractivity contribution in [3.05, 3.63) is 60.3 Å². The van der Waals surface area contributed by atoms with Crippen molar-refractivity contribution in [1.82, 2.24) is 9.88 Å². The van der Waals surface area contributed by atoms with E-state index in [-0.39, 0.29) is 5.41 Å². The van der Waals surface area contributed by atoms with E-state index in [9.17, 15) is 5.26 Å². The molecule has 0 unspecified atom stereocenters. The van der Waals surface area contributed by atoms with Gasteiger partial charge < -0.3 is 15.5 Å². The lowest BCUT2D eigenvalue weighted by atomic mass is 9.80. The summed E-state index contributed by atoms with van der Waals surface area (Å²) in [7, 11) is 4.16. The zero-order chi connectivity index (χ0) is 20.7. The minimum absolute atomic E-state index is 0.303. The van der Waals surface area contributed by atoms with Crippen LogP contribution in [0.15, 0.2) is 49.2 Å². The first-order valence-corrected chi connectivity index (χ1v) is 10.4. The number of anilines is 2. The number of aromatic nitrogens is 1. The Bertz CT molecular complexity index is 858. The van der Waals surface area contributed by atoms with Gasteiger partial charge in [-0.1, -0.05) is 31.6 Å². The van der Waals surface area contributed by atoms with E-state index in [0.717, 1.165) is 73.5 Å². The van der Waals surface area contributed by atoms with Gasteiger partial charge in [-0.2, -0.15) is 5.26 Å². The molecule has 3 rings (SSSR count). The third kappa shape index (κ3) is 5.16. The molecule has 1 saturated carbocycles. The van der Waals surface area contributed by atoms with Gasteiger partial charge in [0.2, 0.25) is 0 Å². The minimum atomic E-state index is -0.303. The Hall–Kier alpha value is -2.84. The Kier molecular flexibility index (Phi) is 6.90. The standard InChI is InChI=1S/C24H31N5/c1-19(22-8-6-15-26-23(22)27-16-7-17-29(2)3)28-21-11-9-20(10-12-21)24(18-25)13-4-5-14-24/h6,8-12,15,28H,1,4-5,7,13-14,16-17H2,2-3H3,(H,26,27). The molecule has 1 heterocycles. The molecule has 2 aromatic rings. The Morgan fingerprint density at radius 1 is 1.21 bits per heavy atom. The van der Waals surface area contributed by atoms with Crippen LogP contribution >= 0.6 is 0 Å². The molecule has 1 aromatic heterocycles. The number of hydrogen-bond donors (Lipinski definition) is 2. The van der Waals surface area contributed by atoms with Crippen LogP contribution in [-0.2, 0) is 5.41 Å². The topological polar surface area (TPSA) is 64.0 Å². The maximum atomic E-state index is 9.69. The molecule has 2 N–H and O–H groups in total. The largest absolute Gasteiger partial charge is 0.369 e. The Balaban J connectivity index is 1.65. The zero-order valence-electron chi connectivity index (χ0n) is 17.5. The van der Waals surface area contributed by atoms with E-state index in [4.69, 9.17) is 0 Å². The van der Waals surface area contributed by atoms with Crippen LogP contribution in [0.1, 0.15) is 43.2 Å². The fraction of sp³-hybridized carbons (Fsp3) is 0.417. The monoisotopic (exact) mass is 389 g/mol. The fourth-order valence-electron chi connectivity index (χ4n) is 3.95. The highest BCUT2D eigenvalue weighted by atomic mass is 15.1. The molecule has 0 radical (unpaired) electrons. The summed E-state index contributed by atoms with van der Waals surface area (Å²) in [5, 5.41) is 16.5. The summed E-state index contributed by atoms with van der Waals surface area (Å²) in [6.45, 7) is 6.11. The van der Waals surface area contributed by atoms with Gasteiger partial charge in [0.1, 0.15) is 5.82 Å². The normalized spacial score (nSPS) is 15.1. The molecule has 1 fully saturated rings. The number of hydrogen-bond acceptors (Lipinski definition) is 5. The van der Waals surface area contributed by atoms with Crippen LogP contribution in [0.3, 0.4) is 0 Å². The van der Waals surface area contributed by atoms with Crippen molar-refractivity contribution in [1.29, 1.82) is 5.26 Å². The number of rotatable bonds is 9. The van der Waals surface area contributed by atoms with Gasteiger partial charge in [-0.05, 0) is 69.7 Å². The second-order valence-corrected chi connectivity index (χ2v) is 8.07. The molecule has 0 bridgehead atoms. The molecule has 0 saturated heterocycles. The van der Waals surface area contributed by atoms with Gasteiger partial charge in [0, 0.05) is 29.7 Å². The van der Waals surface area contributed by atoms with E-state index in [2.05, 4.69) is 59.4 Å². The van der Waals surface area contributed by atoms with Crippen LogP contribution in [0.5, 0.6) is 0 Å². The van der Waals surface area contributed by atoms with Crippen LogP contribution in [0, 0.1) is 11.3 Å². The summed E-state index contributed by atoms with van der Waals surface area (Å²) in [6, 6.07) is 14.7. The fourth-order valence-corrected chi connectivity index (χ4v) is 3.95. The second-order valence-electron chi connectivity index (χ2n) is 8.07. The second kappa shape index (κ2) is 9.58. The molecular formula is C24H31N5. The van der Waals surface area contributed by atoms with E-state index < -0.39 is 0 Å². The number of benzene rings is 1. The first-order valence-electron chi connectivity index (χ1n) is 10.4. The van der Waals surface area contributed by atoms with Gasteiger partial charge >= 0.3 is 0 Å². The number of nitrogens with one attached hydrogen (secondary N) is 2. The maximum absolute atomic E-state index is 9.69. The molecule has 0 aliphatic heterocycles. The third-order valence-corrected chi connectivity index (χ3v) is 5.61. The van der Waals surface area contributed by atoms with E-state index in [1.54, 1.807) is 6.20 Å². The van der Waals surface area contributed by atoms with Crippen LogP contribution in [0.25, 0.3) is 5.70 Å². The Labute approximate surface area is 174 Å². The van der Waals surface area contributed by atoms with Crippen LogP contribution in [0.4, 0.5) is 11.5 Å². The molecule has 5 heteroatoms. The van der Waals surface area contributed by atoms with Crippen molar-refractivity contribution < 1.29 is 0 Å². The summed E-state index contributed by atoms with van der Waals surface area (Å²) < 4.78 is 0. The van der Waals surface area contributed by atoms with Gasteiger partial charge in [0.15, 0.2) is 0 Å². The van der Waals surface area contributed by atoms with Gasteiger partial charge in [0.25, 0.3) is 0 Å². The molecule has 152 valence electrons. The highest BCUT2D eigenvalue weighted by molar-refractivity contribution is 5.80. The van der Waals surface area contributed by atoms with E-state index >= 15 is 0 Å². The molecule has 5 nitrogen and oxygen atoms in total. The Morgan fingerprint density at radius 3 is 2.59 bits per heavy atom. The van der Waals surface area contributed by atoms with Crippen molar-refractivity contribution in [3.8, 4) is 6.07 Å². The van der Waals surface area contributed by atoms with Crippen molar-refractivity contribution >= 4 is 17.2 Å². The van der Waals surface area contributed by atoms with E-state index in [0.29, 0.717) is 0 Å². The highest BCUT2D eigenvalue weighted by Gasteiger charge is 2.35. The first-order chi connectivity index (χ1) is 14.0. The number of nitrogens with zero attached hydrogens (tertiary/aromatic N) is 3. The Morgan fingerprint density at radius 2 is 1.93 bits per heavy atom. The zero-order valence-corrected chi connectivity index (χ0v) is 17.5. The molecule has 1 aromatic carbocycles. The first kappa shape index (κ1) is 20.9. The molecule has 29 heavy (non-hydrogen) atoms. The molecule has 1 aliphatic rings. The summed E-state index contributed by atoms with van der Waals surface area (Å²) in [5.41, 5.74) is 3.55. The molecule has 0 atom stereocenters. The highest BCUT2D eigenvalue weighted by Crippen LogP contribution is 2.40. The SMILES string of the molecule is C=C(Nc1ccc(C2(C#N)CCCC2)cc1)c1cccnc1NCCCN(C)C. The average Bonchev–Trinajstić information content (AvgIpc) is 3.22. The summed E-state index contributed by atoms with van der Waals surface area (Å²) >= 11 is 0. The van der Waals surface area contributed by atoms with Gasteiger partial charge in [-0.15, -0.1) is 0 Å². The van der Waals surface area contributed by atoms with E-state index in [1.165, 1.54) is 0 Å². The summed E-state index contributed by atoms with van der Waals surface area (Å²) in [6.07, 6.45) is 7.03. The van der Waals surface area contributed by atoms with Crippen LogP contribution < -0.4 is 10.6 Å². The third-order valence-electron chi connectivity index (χ3n) is 5.61. The smallest absolute Gasteiger partial charge is 0.135 e. The van der Waals surface area contributed by atoms with Gasteiger partial charge in [-0.3, -0.25) is 0 Å². The molecule has 0 amide bonds. The lowest BCUT2D eigenvalue weighted by Crippen LogP contribution is -2.19. The molecule has 0 spiro atoms. The lowest BCUT2D eigenvalue weighted by molar-refractivity contribution is 0.405. The summed E-state index contributed by atoms with van der Waals surface area (Å²) in [5.74, 6) is 0.842. The predicted octanol–water partition coefficient (Wildman–Crippen LogP) is 4.86. The predicted molar refractivity (Wildman–Crippen MR) is 121 cm³/mol. The van der Waals surface area contributed by atoms with Crippen molar-refractivity contribution in [2.24, 2.45) is 0 Å². The number of pyridine rings is 1. The van der Waals surface area contributed by atoms with Crippen molar-refractivity contribution in [2.75, 3.05) is 37.8 Å². The van der Waals surface area contributed by atoms with Gasteiger partial charge in [-0.25, -0.2) is 4.98 Å². The number of nitriles is 1. The van der Waals surface area contributed by atoms with Crippen LogP contribution in [-0.4, -0.2) is 37.1 Å². The summed E-state index contributed by atoms with van der Waals surface area (Å²) in [4.78, 5) is 6.66. The quantitative estimate of drug-likeness (QED) is 0.600. The lowest BCUT2D eigenvalue weighted by Gasteiger charge is -2.21. The van der Waals surface area contributed by atoms with Crippen molar-refractivity contribution in [2.45, 2.75) is 37.5 Å².